The number of pyridine rings is 1. The van der Waals surface area contributed by atoms with E-state index in [2.05, 4.69) is 27.6 Å². The molecule has 0 radical (unpaired) electrons. The number of likely N-dealkylation sites (tertiary alicyclic amines) is 1. The molecule has 1 amide bonds. The summed E-state index contributed by atoms with van der Waals surface area (Å²) in [7, 11) is 3.91. The van der Waals surface area contributed by atoms with Crippen molar-refractivity contribution in [3.8, 4) is 0 Å². The maximum absolute atomic E-state index is 12.1. The number of nitrogens with zero attached hydrogens (tertiary/aromatic N) is 2. The van der Waals surface area contributed by atoms with Crippen LogP contribution < -0.4 is 10.6 Å². The lowest BCUT2D eigenvalue weighted by molar-refractivity contribution is 0.0949. The van der Waals surface area contributed by atoms with Gasteiger partial charge in [0.15, 0.2) is 0 Å². The minimum atomic E-state index is -0.0938. The molecule has 0 bridgehead atoms. The molecule has 21 heavy (non-hydrogen) atoms. The molecule has 116 valence electrons. The number of halogens is 1. The molecule has 1 aliphatic rings. The molecular formula is C15H23ClN4O. The average Bonchev–Trinajstić information content (AvgIpc) is 2.48. The van der Waals surface area contributed by atoms with Crippen molar-refractivity contribution >= 4 is 23.3 Å². The molecule has 2 heterocycles. The van der Waals surface area contributed by atoms with Crippen LogP contribution in [0.3, 0.4) is 0 Å². The van der Waals surface area contributed by atoms with Crippen molar-refractivity contribution in [1.82, 2.24) is 15.2 Å². The number of nitrogens with one attached hydrogen (secondary N) is 2. The lowest BCUT2D eigenvalue weighted by Gasteiger charge is -2.28. The Labute approximate surface area is 131 Å². The Bertz CT molecular complexity index is 487. The highest BCUT2D eigenvalue weighted by Gasteiger charge is 2.16. The number of piperidine rings is 1. The largest absolute Gasteiger partial charge is 0.373 e. The van der Waals surface area contributed by atoms with Crippen LogP contribution in [0.5, 0.6) is 0 Å². The quantitative estimate of drug-likeness (QED) is 0.819. The molecule has 1 fully saturated rings. The monoisotopic (exact) mass is 310 g/mol. The Morgan fingerprint density at radius 2 is 2.14 bits per heavy atom. The van der Waals surface area contributed by atoms with Crippen LogP contribution in [0, 0.1) is 5.92 Å². The Balaban J connectivity index is 1.80. The van der Waals surface area contributed by atoms with E-state index in [0.29, 0.717) is 23.1 Å². The van der Waals surface area contributed by atoms with E-state index in [1.165, 1.54) is 12.8 Å². The Morgan fingerprint density at radius 1 is 1.43 bits per heavy atom. The van der Waals surface area contributed by atoms with E-state index < -0.39 is 0 Å². The van der Waals surface area contributed by atoms with E-state index in [-0.39, 0.29) is 5.91 Å². The first-order valence-corrected chi connectivity index (χ1v) is 7.78. The van der Waals surface area contributed by atoms with Crippen molar-refractivity contribution in [2.24, 2.45) is 5.92 Å². The summed E-state index contributed by atoms with van der Waals surface area (Å²) in [6, 6.07) is 3.30. The molecule has 5 nitrogen and oxygen atoms in total. The molecule has 0 aromatic carbocycles. The molecule has 2 N–H and O–H groups in total. The molecule has 2 rings (SSSR count). The minimum Gasteiger partial charge on any atom is -0.373 e. The smallest absolute Gasteiger partial charge is 0.251 e. The summed E-state index contributed by atoms with van der Waals surface area (Å²) in [6.07, 6.45) is 3.48. The van der Waals surface area contributed by atoms with Gasteiger partial charge in [-0.1, -0.05) is 11.6 Å². The predicted molar refractivity (Wildman–Crippen MR) is 86.0 cm³/mol. The second-order valence-electron chi connectivity index (χ2n) is 5.61. The fourth-order valence-electron chi connectivity index (χ4n) is 2.60. The fraction of sp³-hybridized carbons (Fsp3) is 0.600. The van der Waals surface area contributed by atoms with Crippen LogP contribution in [-0.4, -0.2) is 49.5 Å². The second-order valence-corrected chi connectivity index (χ2v) is 5.99. The third-order valence-corrected chi connectivity index (χ3v) is 4.18. The van der Waals surface area contributed by atoms with Gasteiger partial charge in [-0.3, -0.25) is 4.79 Å². The van der Waals surface area contributed by atoms with E-state index in [4.69, 9.17) is 11.6 Å². The first kappa shape index (κ1) is 16.0. The van der Waals surface area contributed by atoms with Gasteiger partial charge < -0.3 is 15.5 Å². The average molecular weight is 311 g/mol. The summed E-state index contributed by atoms with van der Waals surface area (Å²) in [5.74, 6) is 1.22. The maximum atomic E-state index is 12.1. The number of anilines is 1. The number of aromatic nitrogens is 1. The van der Waals surface area contributed by atoms with Crippen LogP contribution in [-0.2, 0) is 0 Å². The molecule has 1 saturated heterocycles. The van der Waals surface area contributed by atoms with Crippen molar-refractivity contribution in [3.05, 3.63) is 22.8 Å². The number of hydrogen-bond donors (Lipinski definition) is 2. The van der Waals surface area contributed by atoms with Gasteiger partial charge in [-0.2, -0.15) is 0 Å². The molecule has 0 unspecified atom stereocenters. The molecule has 0 atom stereocenters. The van der Waals surface area contributed by atoms with Crippen molar-refractivity contribution in [1.29, 1.82) is 0 Å². The minimum absolute atomic E-state index is 0.0938. The molecule has 1 aliphatic heterocycles. The number of hydrogen-bond acceptors (Lipinski definition) is 4. The SMILES string of the molecule is CNc1cc(C(=O)NCCC2CCN(C)CC2)cc(Cl)n1. The van der Waals surface area contributed by atoms with Crippen LogP contribution in [0.15, 0.2) is 12.1 Å². The summed E-state index contributed by atoms with van der Waals surface area (Å²) in [4.78, 5) is 18.5. The zero-order chi connectivity index (χ0) is 15.2. The van der Waals surface area contributed by atoms with Crippen molar-refractivity contribution < 1.29 is 4.79 Å². The van der Waals surface area contributed by atoms with Crippen LogP contribution >= 0.6 is 11.6 Å². The van der Waals surface area contributed by atoms with Crippen molar-refractivity contribution in [3.63, 3.8) is 0 Å². The molecular weight excluding hydrogens is 288 g/mol. The summed E-state index contributed by atoms with van der Waals surface area (Å²) in [5, 5.41) is 6.19. The summed E-state index contributed by atoms with van der Waals surface area (Å²) in [5.41, 5.74) is 0.544. The van der Waals surface area contributed by atoms with Gasteiger partial charge in [0.25, 0.3) is 5.91 Å². The molecule has 6 heteroatoms. The summed E-state index contributed by atoms with van der Waals surface area (Å²) in [6.45, 7) is 3.02. The normalized spacial score (nSPS) is 16.7. The van der Waals surface area contributed by atoms with Gasteiger partial charge in [0.1, 0.15) is 11.0 Å². The van der Waals surface area contributed by atoms with E-state index in [0.717, 1.165) is 25.4 Å². The Kier molecular flexibility index (Phi) is 5.82. The van der Waals surface area contributed by atoms with Gasteiger partial charge in [0.2, 0.25) is 0 Å². The third kappa shape index (κ3) is 4.86. The van der Waals surface area contributed by atoms with Gasteiger partial charge in [0, 0.05) is 19.2 Å². The van der Waals surface area contributed by atoms with E-state index in [9.17, 15) is 4.79 Å². The van der Waals surface area contributed by atoms with Crippen LogP contribution in [0.4, 0.5) is 5.82 Å². The van der Waals surface area contributed by atoms with E-state index >= 15 is 0 Å². The zero-order valence-electron chi connectivity index (χ0n) is 12.7. The lowest BCUT2D eigenvalue weighted by atomic mass is 9.94. The zero-order valence-corrected chi connectivity index (χ0v) is 13.4. The second kappa shape index (κ2) is 7.61. The van der Waals surface area contributed by atoms with Crippen molar-refractivity contribution in [2.75, 3.05) is 39.0 Å². The molecule has 1 aromatic heterocycles. The number of amides is 1. The molecule has 0 aliphatic carbocycles. The Morgan fingerprint density at radius 3 is 2.81 bits per heavy atom. The lowest BCUT2D eigenvalue weighted by Crippen LogP contribution is -2.32. The van der Waals surface area contributed by atoms with Gasteiger partial charge >= 0.3 is 0 Å². The third-order valence-electron chi connectivity index (χ3n) is 3.99. The van der Waals surface area contributed by atoms with Crippen molar-refractivity contribution in [2.45, 2.75) is 19.3 Å². The molecule has 0 spiro atoms. The first-order chi connectivity index (χ1) is 10.1. The van der Waals surface area contributed by atoms with Gasteiger partial charge in [-0.05, 0) is 57.5 Å². The van der Waals surface area contributed by atoms with Crippen LogP contribution in [0.25, 0.3) is 0 Å². The Hall–Kier alpha value is -1.33. The predicted octanol–water partition coefficient (Wildman–Crippen LogP) is 2.24. The highest BCUT2D eigenvalue weighted by atomic mass is 35.5. The first-order valence-electron chi connectivity index (χ1n) is 7.40. The van der Waals surface area contributed by atoms with Gasteiger partial charge in [0.05, 0.1) is 0 Å². The highest BCUT2D eigenvalue weighted by Crippen LogP contribution is 2.19. The standard InChI is InChI=1S/C15H23ClN4O/c1-17-14-10-12(9-13(16)19-14)15(21)18-6-3-11-4-7-20(2)8-5-11/h9-11H,3-8H2,1-2H3,(H,17,19)(H,18,21). The van der Waals surface area contributed by atoms with Gasteiger partial charge in [-0.25, -0.2) is 4.98 Å². The summed E-state index contributed by atoms with van der Waals surface area (Å²) < 4.78 is 0. The topological polar surface area (TPSA) is 57.3 Å². The highest BCUT2D eigenvalue weighted by molar-refractivity contribution is 6.29. The van der Waals surface area contributed by atoms with Crippen LogP contribution in [0.1, 0.15) is 29.6 Å². The maximum Gasteiger partial charge on any atom is 0.251 e. The van der Waals surface area contributed by atoms with Gasteiger partial charge in [-0.15, -0.1) is 0 Å². The van der Waals surface area contributed by atoms with E-state index in [1.807, 2.05) is 0 Å². The number of carbonyl (C=O) groups is 1. The number of rotatable bonds is 5. The summed E-state index contributed by atoms with van der Waals surface area (Å²) >= 11 is 5.91. The molecule has 0 saturated carbocycles. The fourth-order valence-corrected chi connectivity index (χ4v) is 2.81. The van der Waals surface area contributed by atoms with E-state index in [1.54, 1.807) is 19.2 Å². The van der Waals surface area contributed by atoms with Crippen LogP contribution in [0.2, 0.25) is 5.15 Å². The molecule has 1 aromatic rings. The number of carbonyl (C=O) groups excluding carboxylic acids is 1.